The molecule has 0 spiro atoms. The lowest BCUT2D eigenvalue weighted by molar-refractivity contribution is -0.0925. The topological polar surface area (TPSA) is 148 Å². The number of aryl methyl sites for hydroxylation is 1. The molecule has 0 radical (unpaired) electrons. The number of ether oxygens (including phenoxy) is 4. The van der Waals surface area contributed by atoms with Crippen molar-refractivity contribution in [2.45, 2.75) is 82.9 Å². The van der Waals surface area contributed by atoms with E-state index < -0.39 is 53.6 Å². The van der Waals surface area contributed by atoms with Crippen molar-refractivity contribution < 1.29 is 36.4 Å². The first kappa shape index (κ1) is 40.8. The summed E-state index contributed by atoms with van der Waals surface area (Å²) in [5.41, 5.74) is 0.738. The summed E-state index contributed by atoms with van der Waals surface area (Å²) in [5, 5.41) is 0. The van der Waals surface area contributed by atoms with Gasteiger partial charge in [-0.05, 0) is 81.1 Å². The lowest BCUT2D eigenvalue weighted by Gasteiger charge is -2.39. The van der Waals surface area contributed by atoms with Crippen LogP contribution in [0.3, 0.4) is 0 Å². The van der Waals surface area contributed by atoms with E-state index in [1.165, 1.54) is 10.8 Å². The van der Waals surface area contributed by atoms with E-state index in [-0.39, 0.29) is 43.2 Å². The number of methoxy groups -OCH3 is 2. The normalized spacial score (nSPS) is 22.9. The van der Waals surface area contributed by atoms with Crippen LogP contribution in [0.5, 0.6) is 11.5 Å². The van der Waals surface area contributed by atoms with Crippen LogP contribution in [0.1, 0.15) is 68.2 Å². The van der Waals surface area contributed by atoms with Crippen molar-refractivity contribution >= 4 is 18.4 Å². The van der Waals surface area contributed by atoms with Gasteiger partial charge in [0, 0.05) is 30.3 Å². The summed E-state index contributed by atoms with van der Waals surface area (Å²) in [5.74, 6) is 0.874. The maximum Gasteiger partial charge on any atom is 0.330 e. The molecule has 2 aliphatic rings. The van der Waals surface area contributed by atoms with Crippen LogP contribution < -0.4 is 20.7 Å². The molecule has 6 rings (SSSR count). The van der Waals surface area contributed by atoms with E-state index in [0.717, 1.165) is 11.1 Å². The fourth-order valence-corrected chi connectivity index (χ4v) is 10.3. The third kappa shape index (κ3) is 8.91. The highest BCUT2D eigenvalue weighted by Gasteiger charge is 2.45. The zero-order chi connectivity index (χ0) is 39.5. The molecular weight excluding hydrogens is 745 g/mol. The van der Waals surface area contributed by atoms with Gasteiger partial charge in [-0.1, -0.05) is 48.5 Å². The van der Waals surface area contributed by atoms with E-state index in [4.69, 9.17) is 28.0 Å². The van der Waals surface area contributed by atoms with Gasteiger partial charge in [0.2, 0.25) is 0 Å². The molecule has 1 unspecified atom stereocenters. The van der Waals surface area contributed by atoms with Crippen molar-refractivity contribution in [2.75, 3.05) is 33.2 Å². The van der Waals surface area contributed by atoms with Gasteiger partial charge in [-0.15, -0.1) is 0 Å². The Bertz CT molecular complexity index is 2100. The van der Waals surface area contributed by atoms with Crippen molar-refractivity contribution in [3.63, 3.8) is 0 Å². The van der Waals surface area contributed by atoms with Crippen LogP contribution in [-0.4, -0.2) is 80.1 Å². The van der Waals surface area contributed by atoms with Gasteiger partial charge < -0.3 is 28.0 Å². The summed E-state index contributed by atoms with van der Waals surface area (Å²) in [7, 11) is -2.27. The number of aromatic amines is 1. The first-order valence-corrected chi connectivity index (χ1v) is 21.3. The summed E-state index contributed by atoms with van der Waals surface area (Å²) in [6.45, 7) is 9.64. The molecule has 1 aromatic heterocycles. The average molecular weight is 796 g/mol. The quantitative estimate of drug-likeness (QED) is 0.215. The lowest BCUT2D eigenvalue weighted by atomic mass is 9.79. The molecule has 0 aliphatic carbocycles. The Morgan fingerprint density at radius 1 is 0.891 bits per heavy atom. The smallest absolute Gasteiger partial charge is 0.330 e. The van der Waals surface area contributed by atoms with Crippen molar-refractivity contribution in [2.24, 2.45) is 0 Å². The number of sulfone groups is 1. The molecule has 15 heteroatoms. The zero-order valence-corrected chi connectivity index (χ0v) is 34.0. The third-order valence-corrected chi connectivity index (χ3v) is 13.6. The number of aromatic nitrogens is 2. The SMILES string of the molecule is COc1ccc(C2(c3ccc(OC)cc3)OC[C@H]3O[C@@H](n4cc(C)c(=O)[nH]c4=O)C[C@@H]3OP(N(C(C)C)C(C)C)OCCS(=O)(=O)Cc3cccc2c3)cc1. The summed E-state index contributed by atoms with van der Waals surface area (Å²) in [6, 6.07) is 22.5. The minimum Gasteiger partial charge on any atom is -0.497 e. The Balaban J connectivity index is 1.54. The molecule has 2 bridgehead atoms. The Labute approximate surface area is 323 Å². The van der Waals surface area contributed by atoms with Gasteiger partial charge in [-0.3, -0.25) is 14.3 Å². The molecule has 2 aliphatic heterocycles. The number of nitrogens with zero attached hydrogens (tertiary/aromatic N) is 2. The first-order chi connectivity index (χ1) is 26.2. The Hall–Kier alpha value is -3.88. The van der Waals surface area contributed by atoms with Crippen LogP contribution in [0.15, 0.2) is 88.6 Å². The van der Waals surface area contributed by atoms with Crippen LogP contribution in [0, 0.1) is 6.92 Å². The van der Waals surface area contributed by atoms with E-state index in [0.29, 0.717) is 28.2 Å². The van der Waals surface area contributed by atoms with Gasteiger partial charge in [0.25, 0.3) is 14.1 Å². The molecule has 1 N–H and O–H groups in total. The molecule has 3 aromatic carbocycles. The van der Waals surface area contributed by atoms with E-state index in [9.17, 15) is 18.0 Å². The Kier molecular flexibility index (Phi) is 12.7. The molecule has 4 aromatic rings. The number of benzene rings is 3. The van der Waals surface area contributed by atoms with E-state index in [1.54, 1.807) is 27.2 Å². The first-order valence-electron chi connectivity index (χ1n) is 18.3. The largest absolute Gasteiger partial charge is 0.497 e. The maximum atomic E-state index is 13.7. The molecule has 4 atom stereocenters. The van der Waals surface area contributed by atoms with Gasteiger partial charge in [-0.25, -0.2) is 17.9 Å². The predicted molar refractivity (Wildman–Crippen MR) is 210 cm³/mol. The molecule has 0 saturated carbocycles. The number of nitrogens with one attached hydrogen (secondary N) is 1. The van der Waals surface area contributed by atoms with Crippen molar-refractivity contribution in [1.29, 1.82) is 0 Å². The molecule has 296 valence electrons. The van der Waals surface area contributed by atoms with Gasteiger partial charge in [0.1, 0.15) is 29.4 Å². The standard InChI is InChI=1S/C40H50N3O10PS/c1-26(2)43(27(3)4)54-51-19-20-55(46,47)25-29-9-8-10-32(21-29)40(30-11-15-33(48-6)16-12-30,31-13-17-34(49-7)18-14-31)50-24-36-35(53-54)22-37(52-36)42-23-28(5)38(44)41-39(42)45/h8-18,21,23,26-27,35-37H,19-20,22,24-25H2,1-7H3,(H,41,44,45)/t35-,36+,37+,54?/m0/s1. The summed E-state index contributed by atoms with van der Waals surface area (Å²) in [4.78, 5) is 27.9. The molecule has 0 amide bonds. The highest BCUT2D eigenvalue weighted by Crippen LogP contribution is 2.51. The van der Waals surface area contributed by atoms with Gasteiger partial charge in [0.15, 0.2) is 9.84 Å². The van der Waals surface area contributed by atoms with Crippen LogP contribution in [0.25, 0.3) is 0 Å². The number of fused-ring (bicyclic) bond motifs is 3. The lowest BCUT2D eigenvalue weighted by Crippen LogP contribution is -2.39. The minimum absolute atomic E-state index is 0.0126. The van der Waals surface area contributed by atoms with Crippen LogP contribution in [-0.2, 0) is 39.7 Å². The van der Waals surface area contributed by atoms with Crippen LogP contribution in [0.4, 0.5) is 0 Å². The zero-order valence-electron chi connectivity index (χ0n) is 32.3. The fraction of sp³-hybridized carbons (Fsp3) is 0.450. The second kappa shape index (κ2) is 17.1. The third-order valence-electron chi connectivity index (χ3n) is 9.88. The fourth-order valence-electron chi connectivity index (χ4n) is 7.23. The second-order valence-corrected chi connectivity index (χ2v) is 18.0. The highest BCUT2D eigenvalue weighted by atomic mass is 32.2. The summed E-state index contributed by atoms with van der Waals surface area (Å²) >= 11 is 0. The van der Waals surface area contributed by atoms with E-state index in [2.05, 4.69) is 9.65 Å². The Morgan fingerprint density at radius 2 is 1.51 bits per heavy atom. The van der Waals surface area contributed by atoms with Crippen molar-refractivity contribution in [3.05, 3.63) is 128 Å². The van der Waals surface area contributed by atoms with Gasteiger partial charge in [0.05, 0.1) is 45.0 Å². The van der Waals surface area contributed by atoms with Gasteiger partial charge in [-0.2, -0.15) is 0 Å². The number of hydrogen-bond acceptors (Lipinski definition) is 11. The minimum atomic E-state index is -3.64. The van der Waals surface area contributed by atoms with Crippen molar-refractivity contribution in [1.82, 2.24) is 14.2 Å². The molecule has 1 saturated heterocycles. The molecule has 3 heterocycles. The second-order valence-electron chi connectivity index (χ2n) is 14.4. The molecule has 13 nitrogen and oxygen atoms in total. The van der Waals surface area contributed by atoms with E-state index in [1.807, 2.05) is 94.4 Å². The molecule has 1 fully saturated rings. The summed E-state index contributed by atoms with van der Waals surface area (Å²) in [6.07, 6.45) is -0.526. The van der Waals surface area contributed by atoms with E-state index >= 15 is 0 Å². The molecule has 55 heavy (non-hydrogen) atoms. The highest BCUT2D eigenvalue weighted by molar-refractivity contribution is 7.90. The average Bonchev–Trinajstić information content (AvgIpc) is 3.55. The summed E-state index contributed by atoms with van der Waals surface area (Å²) < 4.78 is 69.1. The van der Waals surface area contributed by atoms with Crippen LogP contribution in [0.2, 0.25) is 0 Å². The maximum absolute atomic E-state index is 13.7. The monoisotopic (exact) mass is 795 g/mol. The number of rotatable bonds is 8. The number of hydrogen-bond donors (Lipinski definition) is 1. The predicted octanol–water partition coefficient (Wildman–Crippen LogP) is 5.83. The van der Waals surface area contributed by atoms with Crippen LogP contribution >= 0.6 is 8.53 Å². The Morgan fingerprint density at radius 3 is 2.09 bits per heavy atom. The van der Waals surface area contributed by atoms with Crippen molar-refractivity contribution in [3.8, 4) is 11.5 Å². The number of H-pyrrole nitrogens is 1. The van der Waals surface area contributed by atoms with Gasteiger partial charge >= 0.3 is 5.69 Å². The molecular formula is C40H50N3O10PS.